The van der Waals surface area contributed by atoms with Gasteiger partial charge in [0, 0.05) is 44.0 Å². The Bertz CT molecular complexity index is 692. The minimum Gasteiger partial charge on any atom is -0.338 e. The van der Waals surface area contributed by atoms with E-state index in [1.807, 2.05) is 31.3 Å². The maximum atomic E-state index is 12.3. The molecule has 2 aromatic heterocycles. The highest BCUT2D eigenvalue weighted by Crippen LogP contribution is 2.31. The highest BCUT2D eigenvalue weighted by atomic mass is 16.2. The molecule has 0 aromatic carbocycles. The van der Waals surface area contributed by atoms with Crippen molar-refractivity contribution in [3.8, 4) is 0 Å². The number of amides is 1. The van der Waals surface area contributed by atoms with Gasteiger partial charge >= 0.3 is 0 Å². The van der Waals surface area contributed by atoms with Crippen molar-refractivity contribution >= 4 is 11.6 Å². The van der Waals surface area contributed by atoms with Gasteiger partial charge in [0.25, 0.3) is 0 Å². The molecule has 2 aromatic rings. The normalized spacial score (nSPS) is 25.0. The van der Waals surface area contributed by atoms with Gasteiger partial charge in [-0.3, -0.25) is 9.69 Å². The average molecular weight is 326 g/mol. The maximum Gasteiger partial charge on any atom is 0.222 e. The van der Waals surface area contributed by atoms with Crippen molar-refractivity contribution < 1.29 is 4.79 Å². The second-order valence-corrected chi connectivity index (χ2v) is 7.03. The number of pyridine rings is 1. The van der Waals surface area contributed by atoms with Gasteiger partial charge in [0.05, 0.1) is 5.69 Å². The molecular formula is C19H26N4O. The molecule has 0 unspecified atom stereocenters. The number of carbonyl (C=O) groups excluding carboxylic acids is 1. The van der Waals surface area contributed by atoms with Crippen LogP contribution in [0, 0.1) is 0 Å². The van der Waals surface area contributed by atoms with Gasteiger partial charge in [0.1, 0.15) is 5.65 Å². The molecule has 0 N–H and O–H groups in total. The molecule has 2 aliphatic rings. The lowest BCUT2D eigenvalue weighted by Crippen LogP contribution is -2.47. The number of hydrogen-bond acceptors (Lipinski definition) is 3. The van der Waals surface area contributed by atoms with E-state index in [1.165, 1.54) is 12.8 Å². The Balaban J connectivity index is 1.51. The lowest BCUT2D eigenvalue weighted by Gasteiger charge is -2.34. The van der Waals surface area contributed by atoms with Crippen LogP contribution in [0.3, 0.4) is 0 Å². The molecule has 0 spiro atoms. The van der Waals surface area contributed by atoms with Crippen LogP contribution in [0.15, 0.2) is 30.6 Å². The summed E-state index contributed by atoms with van der Waals surface area (Å²) in [6.07, 6.45) is 9.53. The fourth-order valence-electron chi connectivity index (χ4n) is 4.46. The summed E-state index contributed by atoms with van der Waals surface area (Å²) in [5.74, 6) is 0.317. The van der Waals surface area contributed by atoms with Gasteiger partial charge in [-0.1, -0.05) is 13.0 Å². The lowest BCUT2D eigenvalue weighted by atomic mass is 10.0. The summed E-state index contributed by atoms with van der Waals surface area (Å²) in [5.41, 5.74) is 2.13. The number of imidazole rings is 1. The molecule has 4 heterocycles. The van der Waals surface area contributed by atoms with Gasteiger partial charge < -0.3 is 9.30 Å². The predicted molar refractivity (Wildman–Crippen MR) is 93.7 cm³/mol. The van der Waals surface area contributed by atoms with Gasteiger partial charge in [-0.2, -0.15) is 0 Å². The van der Waals surface area contributed by atoms with E-state index >= 15 is 0 Å². The van der Waals surface area contributed by atoms with E-state index in [-0.39, 0.29) is 0 Å². The third kappa shape index (κ3) is 2.81. The number of aromatic nitrogens is 2. The van der Waals surface area contributed by atoms with Crippen LogP contribution in [-0.4, -0.2) is 50.3 Å². The molecule has 24 heavy (non-hydrogen) atoms. The van der Waals surface area contributed by atoms with Gasteiger partial charge in [-0.15, -0.1) is 0 Å². The zero-order valence-corrected chi connectivity index (χ0v) is 14.4. The average Bonchev–Trinajstić information content (AvgIpc) is 3.32. The maximum absolute atomic E-state index is 12.3. The number of likely N-dealkylation sites (tertiary alicyclic amines) is 2. The molecule has 1 amide bonds. The Labute approximate surface area is 143 Å². The van der Waals surface area contributed by atoms with Crippen molar-refractivity contribution in [2.75, 3.05) is 13.1 Å². The summed E-state index contributed by atoms with van der Waals surface area (Å²) in [5, 5.41) is 0. The summed E-state index contributed by atoms with van der Waals surface area (Å²) in [7, 11) is 0. The first-order chi connectivity index (χ1) is 11.8. The third-order valence-corrected chi connectivity index (χ3v) is 5.56. The Morgan fingerprint density at radius 1 is 1.21 bits per heavy atom. The van der Waals surface area contributed by atoms with Crippen LogP contribution in [0.5, 0.6) is 0 Å². The monoisotopic (exact) mass is 326 g/mol. The van der Waals surface area contributed by atoms with Crippen LogP contribution in [0.4, 0.5) is 0 Å². The number of carbonyl (C=O) groups is 1. The van der Waals surface area contributed by atoms with Crippen molar-refractivity contribution in [1.29, 1.82) is 0 Å². The van der Waals surface area contributed by atoms with Crippen molar-refractivity contribution in [1.82, 2.24) is 19.2 Å². The van der Waals surface area contributed by atoms with E-state index in [1.54, 1.807) is 0 Å². The molecule has 0 bridgehead atoms. The number of nitrogens with zero attached hydrogens (tertiary/aromatic N) is 4. The van der Waals surface area contributed by atoms with Crippen LogP contribution in [0.2, 0.25) is 0 Å². The zero-order valence-electron chi connectivity index (χ0n) is 14.4. The summed E-state index contributed by atoms with van der Waals surface area (Å²) >= 11 is 0. The molecule has 2 saturated heterocycles. The van der Waals surface area contributed by atoms with Crippen molar-refractivity contribution in [3.05, 3.63) is 36.3 Å². The summed E-state index contributed by atoms with van der Waals surface area (Å²) in [4.78, 5) is 21.7. The quantitative estimate of drug-likeness (QED) is 0.867. The van der Waals surface area contributed by atoms with E-state index in [0.29, 0.717) is 24.4 Å². The van der Waals surface area contributed by atoms with Crippen LogP contribution in [-0.2, 0) is 11.3 Å². The minimum absolute atomic E-state index is 0.317. The largest absolute Gasteiger partial charge is 0.338 e. The van der Waals surface area contributed by atoms with E-state index in [4.69, 9.17) is 4.98 Å². The van der Waals surface area contributed by atoms with E-state index in [2.05, 4.69) is 20.4 Å². The molecule has 5 nitrogen and oxygen atoms in total. The molecule has 128 valence electrons. The fraction of sp³-hybridized carbons (Fsp3) is 0.579. The smallest absolute Gasteiger partial charge is 0.222 e. The van der Waals surface area contributed by atoms with Crippen LogP contribution in [0.1, 0.15) is 44.7 Å². The van der Waals surface area contributed by atoms with Gasteiger partial charge in [-0.05, 0) is 44.4 Å². The van der Waals surface area contributed by atoms with Crippen molar-refractivity contribution in [2.24, 2.45) is 0 Å². The molecule has 0 saturated carbocycles. The summed E-state index contributed by atoms with van der Waals surface area (Å²) in [6.45, 7) is 4.91. The predicted octanol–water partition coefficient (Wildman–Crippen LogP) is 2.70. The van der Waals surface area contributed by atoms with Crippen LogP contribution >= 0.6 is 0 Å². The molecule has 0 radical (unpaired) electrons. The van der Waals surface area contributed by atoms with Gasteiger partial charge in [0.15, 0.2) is 0 Å². The molecule has 0 aliphatic carbocycles. The second kappa shape index (κ2) is 6.55. The Morgan fingerprint density at radius 3 is 2.88 bits per heavy atom. The van der Waals surface area contributed by atoms with E-state index < -0.39 is 0 Å². The summed E-state index contributed by atoms with van der Waals surface area (Å²) < 4.78 is 2.09. The van der Waals surface area contributed by atoms with Crippen molar-refractivity contribution in [3.63, 3.8) is 0 Å². The number of hydrogen-bond donors (Lipinski definition) is 0. The van der Waals surface area contributed by atoms with E-state index in [0.717, 1.165) is 43.8 Å². The highest BCUT2D eigenvalue weighted by molar-refractivity contribution is 5.76. The first kappa shape index (κ1) is 15.6. The molecular weight excluding hydrogens is 300 g/mol. The molecule has 2 aliphatic heterocycles. The van der Waals surface area contributed by atoms with Crippen LogP contribution < -0.4 is 0 Å². The molecule has 2 atom stereocenters. The summed E-state index contributed by atoms with van der Waals surface area (Å²) in [6, 6.07) is 7.00. The minimum atomic E-state index is 0.317. The van der Waals surface area contributed by atoms with Crippen molar-refractivity contribution in [2.45, 2.75) is 57.7 Å². The first-order valence-corrected chi connectivity index (χ1v) is 9.22. The Kier molecular flexibility index (Phi) is 4.27. The molecule has 2 fully saturated rings. The zero-order chi connectivity index (χ0) is 16.5. The molecule has 5 heteroatoms. The number of fused-ring (bicyclic) bond motifs is 1. The SMILES string of the molecule is CCC(=O)N1CCC[C@@H]1[C@@H]1CCCN1Cc1cn2ccccc2n1. The third-order valence-electron chi connectivity index (χ3n) is 5.56. The Morgan fingerprint density at radius 2 is 2.04 bits per heavy atom. The lowest BCUT2D eigenvalue weighted by molar-refractivity contribution is -0.132. The second-order valence-electron chi connectivity index (χ2n) is 7.03. The number of rotatable bonds is 4. The van der Waals surface area contributed by atoms with Gasteiger partial charge in [-0.25, -0.2) is 4.98 Å². The van der Waals surface area contributed by atoms with E-state index in [9.17, 15) is 4.79 Å². The molecule has 4 rings (SSSR count). The first-order valence-electron chi connectivity index (χ1n) is 9.22. The Hall–Kier alpha value is -1.88. The topological polar surface area (TPSA) is 40.9 Å². The van der Waals surface area contributed by atoms with Crippen LogP contribution in [0.25, 0.3) is 5.65 Å². The highest BCUT2D eigenvalue weighted by Gasteiger charge is 2.39. The fourth-order valence-corrected chi connectivity index (χ4v) is 4.46. The van der Waals surface area contributed by atoms with Gasteiger partial charge in [0.2, 0.25) is 5.91 Å². The standard InChI is InChI=1S/C19H26N4O/c1-2-19(24)23-12-6-8-17(23)16-7-5-11-21(16)13-15-14-22-10-4-3-9-18(22)20-15/h3-4,9-10,14,16-17H,2,5-8,11-13H2,1H3/t16-,17+/m0/s1.